The molecule has 114 valence electrons. The van der Waals surface area contributed by atoms with E-state index in [-0.39, 0.29) is 0 Å². The van der Waals surface area contributed by atoms with Crippen molar-refractivity contribution in [3.05, 3.63) is 18.2 Å². The largest absolute Gasteiger partial charge is 0.377 e. The Morgan fingerprint density at radius 2 is 2.20 bits per heavy atom. The van der Waals surface area contributed by atoms with E-state index in [1.807, 2.05) is 6.20 Å². The number of rotatable bonds is 10. The SMILES string of the molecule is CCCNC(Cc1nccn1CC)C(OCC)C1CC1. The molecule has 1 fully saturated rings. The maximum Gasteiger partial charge on any atom is 0.110 e. The molecule has 4 heteroatoms. The van der Waals surface area contributed by atoms with Gasteiger partial charge in [0.25, 0.3) is 0 Å². The van der Waals surface area contributed by atoms with Crippen LogP contribution in [0.15, 0.2) is 12.4 Å². The molecule has 1 N–H and O–H groups in total. The lowest BCUT2D eigenvalue weighted by Gasteiger charge is -2.28. The van der Waals surface area contributed by atoms with E-state index < -0.39 is 0 Å². The maximum atomic E-state index is 6.05. The first-order valence-electron chi connectivity index (χ1n) is 8.15. The van der Waals surface area contributed by atoms with Gasteiger partial charge in [-0.3, -0.25) is 0 Å². The Balaban J connectivity index is 2.05. The smallest absolute Gasteiger partial charge is 0.110 e. The fourth-order valence-electron chi connectivity index (χ4n) is 2.85. The van der Waals surface area contributed by atoms with E-state index in [1.54, 1.807) is 0 Å². The number of hydrogen-bond acceptors (Lipinski definition) is 3. The second-order valence-electron chi connectivity index (χ2n) is 5.65. The van der Waals surface area contributed by atoms with E-state index >= 15 is 0 Å². The Kier molecular flexibility index (Phi) is 6.05. The molecule has 4 nitrogen and oxygen atoms in total. The van der Waals surface area contributed by atoms with Crippen LogP contribution in [0.3, 0.4) is 0 Å². The van der Waals surface area contributed by atoms with Crippen molar-refractivity contribution in [3.8, 4) is 0 Å². The molecule has 0 saturated heterocycles. The van der Waals surface area contributed by atoms with Gasteiger partial charge < -0.3 is 14.6 Å². The van der Waals surface area contributed by atoms with Crippen molar-refractivity contribution in [2.24, 2.45) is 5.92 Å². The van der Waals surface area contributed by atoms with E-state index in [9.17, 15) is 0 Å². The number of ether oxygens (including phenoxy) is 1. The molecular formula is C16H29N3O. The highest BCUT2D eigenvalue weighted by Gasteiger charge is 2.37. The molecule has 0 radical (unpaired) electrons. The topological polar surface area (TPSA) is 39.1 Å². The van der Waals surface area contributed by atoms with Crippen molar-refractivity contribution in [2.45, 2.75) is 65.1 Å². The molecule has 0 spiro atoms. The zero-order valence-electron chi connectivity index (χ0n) is 13.1. The van der Waals surface area contributed by atoms with Crippen LogP contribution < -0.4 is 5.32 Å². The first-order chi connectivity index (χ1) is 9.80. The minimum atomic E-state index is 0.341. The van der Waals surface area contributed by atoms with E-state index in [2.05, 4.69) is 41.8 Å². The van der Waals surface area contributed by atoms with Gasteiger partial charge >= 0.3 is 0 Å². The molecule has 0 bridgehead atoms. The van der Waals surface area contributed by atoms with E-state index in [4.69, 9.17) is 4.74 Å². The summed E-state index contributed by atoms with van der Waals surface area (Å²) in [5.74, 6) is 1.92. The summed E-state index contributed by atoms with van der Waals surface area (Å²) in [5.41, 5.74) is 0. The van der Waals surface area contributed by atoms with Gasteiger partial charge in [0.1, 0.15) is 5.82 Å². The highest BCUT2D eigenvalue weighted by atomic mass is 16.5. The summed E-state index contributed by atoms with van der Waals surface area (Å²) in [4.78, 5) is 4.52. The Labute approximate surface area is 122 Å². The summed E-state index contributed by atoms with van der Waals surface area (Å²) in [6.45, 7) is 9.31. The van der Waals surface area contributed by atoms with Gasteiger partial charge in [-0.15, -0.1) is 0 Å². The molecule has 0 aromatic carbocycles. The predicted molar refractivity (Wildman–Crippen MR) is 81.8 cm³/mol. The second kappa shape index (κ2) is 7.79. The Morgan fingerprint density at radius 3 is 2.80 bits per heavy atom. The molecule has 1 aromatic rings. The van der Waals surface area contributed by atoms with Crippen molar-refractivity contribution < 1.29 is 4.74 Å². The molecule has 2 rings (SSSR count). The van der Waals surface area contributed by atoms with Gasteiger partial charge in [0.15, 0.2) is 0 Å². The molecule has 2 unspecified atom stereocenters. The van der Waals surface area contributed by atoms with Crippen LogP contribution in [-0.4, -0.2) is 34.8 Å². The number of nitrogens with one attached hydrogen (secondary N) is 1. The van der Waals surface area contributed by atoms with Crippen LogP contribution in [0.5, 0.6) is 0 Å². The summed E-state index contributed by atoms with van der Waals surface area (Å²) < 4.78 is 8.28. The highest BCUT2D eigenvalue weighted by molar-refractivity contribution is 5.00. The van der Waals surface area contributed by atoms with Crippen LogP contribution in [0.4, 0.5) is 0 Å². The normalized spacial score (nSPS) is 18.1. The summed E-state index contributed by atoms with van der Waals surface area (Å²) in [6, 6.07) is 0.384. The number of imidazole rings is 1. The van der Waals surface area contributed by atoms with Crippen LogP contribution in [0.25, 0.3) is 0 Å². The number of nitrogens with zero attached hydrogens (tertiary/aromatic N) is 2. The molecule has 1 saturated carbocycles. The highest BCUT2D eigenvalue weighted by Crippen LogP contribution is 2.36. The first-order valence-corrected chi connectivity index (χ1v) is 8.15. The number of hydrogen-bond donors (Lipinski definition) is 1. The van der Waals surface area contributed by atoms with E-state index in [0.29, 0.717) is 12.1 Å². The fraction of sp³-hybridized carbons (Fsp3) is 0.812. The zero-order valence-corrected chi connectivity index (χ0v) is 13.1. The van der Waals surface area contributed by atoms with Crippen LogP contribution in [0.2, 0.25) is 0 Å². The van der Waals surface area contributed by atoms with Crippen LogP contribution >= 0.6 is 0 Å². The van der Waals surface area contributed by atoms with Crippen LogP contribution in [0, 0.1) is 5.92 Å². The van der Waals surface area contributed by atoms with Gasteiger partial charge in [-0.1, -0.05) is 6.92 Å². The molecule has 2 atom stereocenters. The van der Waals surface area contributed by atoms with Crippen LogP contribution in [-0.2, 0) is 17.7 Å². The summed E-state index contributed by atoms with van der Waals surface area (Å²) in [6.07, 6.45) is 9.06. The van der Waals surface area contributed by atoms with Gasteiger partial charge in [0.2, 0.25) is 0 Å². The van der Waals surface area contributed by atoms with E-state index in [1.165, 1.54) is 18.7 Å². The van der Waals surface area contributed by atoms with Crippen molar-refractivity contribution in [1.82, 2.24) is 14.9 Å². The molecule has 0 amide bonds. The molecule has 1 aliphatic carbocycles. The molecule has 1 aliphatic rings. The minimum absolute atomic E-state index is 0.341. The quantitative estimate of drug-likeness (QED) is 0.715. The van der Waals surface area contributed by atoms with Crippen molar-refractivity contribution in [2.75, 3.05) is 13.2 Å². The molecule has 1 aromatic heterocycles. The average Bonchev–Trinajstić information content (AvgIpc) is 3.20. The maximum absolute atomic E-state index is 6.05. The summed E-state index contributed by atoms with van der Waals surface area (Å²) in [7, 11) is 0. The van der Waals surface area contributed by atoms with Crippen molar-refractivity contribution >= 4 is 0 Å². The molecule has 1 heterocycles. The van der Waals surface area contributed by atoms with Crippen LogP contribution in [0.1, 0.15) is 45.9 Å². The first kappa shape index (κ1) is 15.5. The van der Waals surface area contributed by atoms with Gasteiger partial charge in [0, 0.05) is 38.0 Å². The minimum Gasteiger partial charge on any atom is -0.377 e. The predicted octanol–water partition coefficient (Wildman–Crippen LogP) is 2.63. The van der Waals surface area contributed by atoms with Gasteiger partial charge in [-0.2, -0.15) is 0 Å². The summed E-state index contributed by atoms with van der Waals surface area (Å²) in [5, 5.41) is 3.69. The zero-order chi connectivity index (χ0) is 14.4. The van der Waals surface area contributed by atoms with Crippen molar-refractivity contribution in [1.29, 1.82) is 0 Å². The van der Waals surface area contributed by atoms with Gasteiger partial charge in [-0.05, 0) is 45.6 Å². The lowest BCUT2D eigenvalue weighted by atomic mass is 10.0. The number of aromatic nitrogens is 2. The van der Waals surface area contributed by atoms with Crippen molar-refractivity contribution in [3.63, 3.8) is 0 Å². The van der Waals surface area contributed by atoms with Gasteiger partial charge in [0.05, 0.1) is 6.10 Å². The average molecular weight is 279 g/mol. The Morgan fingerprint density at radius 1 is 1.40 bits per heavy atom. The monoisotopic (exact) mass is 279 g/mol. The Bertz CT molecular complexity index is 387. The third kappa shape index (κ3) is 4.06. The molecular weight excluding hydrogens is 250 g/mol. The fourth-order valence-corrected chi connectivity index (χ4v) is 2.85. The number of aryl methyl sites for hydroxylation is 1. The molecule has 20 heavy (non-hydrogen) atoms. The standard InChI is InChI=1S/C16H29N3O/c1-4-9-17-14(16(20-6-3)13-7-8-13)12-15-18-10-11-19(15)5-2/h10-11,13-14,16-17H,4-9,12H2,1-3H3. The summed E-state index contributed by atoms with van der Waals surface area (Å²) >= 11 is 0. The van der Waals surface area contributed by atoms with E-state index in [0.717, 1.165) is 38.5 Å². The second-order valence-corrected chi connectivity index (χ2v) is 5.65. The lowest BCUT2D eigenvalue weighted by Crippen LogP contribution is -2.45. The molecule has 0 aliphatic heterocycles. The Hall–Kier alpha value is -0.870. The third-order valence-corrected chi connectivity index (χ3v) is 4.04. The lowest BCUT2D eigenvalue weighted by molar-refractivity contribution is 0.0186. The van der Waals surface area contributed by atoms with Gasteiger partial charge in [-0.25, -0.2) is 4.98 Å². The third-order valence-electron chi connectivity index (χ3n) is 4.04.